The molecule has 4 heteroatoms. The number of nitrogens with zero attached hydrogens (tertiary/aromatic N) is 1. The van der Waals surface area contributed by atoms with Crippen molar-refractivity contribution in [3.05, 3.63) is 23.9 Å². The zero-order valence-electron chi connectivity index (χ0n) is 7.71. The third-order valence-corrected chi connectivity index (χ3v) is 2.52. The maximum Gasteiger partial charge on any atom is 0.126 e. The Kier molecular flexibility index (Phi) is 1.67. The molecule has 2 heterocycles. The summed E-state index contributed by atoms with van der Waals surface area (Å²) in [7, 11) is 0. The van der Waals surface area contributed by atoms with Crippen LogP contribution < -0.4 is 10.1 Å². The summed E-state index contributed by atoms with van der Waals surface area (Å²) < 4.78 is 5.62. The van der Waals surface area contributed by atoms with Gasteiger partial charge in [0.25, 0.3) is 0 Å². The SMILES string of the molecule is c1cc2cn[nH]c2c2c1OCCNC2. The number of ether oxygens (including phenoxy) is 1. The van der Waals surface area contributed by atoms with Crippen molar-refractivity contribution in [1.29, 1.82) is 0 Å². The van der Waals surface area contributed by atoms with Crippen LogP contribution in [0.1, 0.15) is 5.56 Å². The van der Waals surface area contributed by atoms with E-state index in [0.717, 1.165) is 36.3 Å². The minimum atomic E-state index is 0.729. The molecule has 0 fully saturated rings. The highest BCUT2D eigenvalue weighted by Crippen LogP contribution is 2.27. The number of nitrogens with one attached hydrogen (secondary N) is 2. The van der Waals surface area contributed by atoms with Crippen molar-refractivity contribution in [3.8, 4) is 5.75 Å². The zero-order chi connectivity index (χ0) is 9.38. The van der Waals surface area contributed by atoms with Crippen LogP contribution in [0.25, 0.3) is 10.9 Å². The van der Waals surface area contributed by atoms with E-state index in [1.807, 2.05) is 18.3 Å². The predicted octanol–water partition coefficient (Wildman–Crippen LogP) is 1.04. The van der Waals surface area contributed by atoms with Crippen LogP contribution in [0.2, 0.25) is 0 Å². The number of aromatic amines is 1. The second kappa shape index (κ2) is 2.99. The van der Waals surface area contributed by atoms with E-state index in [2.05, 4.69) is 15.5 Å². The average Bonchev–Trinajstić information content (AvgIpc) is 2.55. The zero-order valence-corrected chi connectivity index (χ0v) is 7.71. The highest BCUT2D eigenvalue weighted by Gasteiger charge is 2.12. The largest absolute Gasteiger partial charge is 0.492 e. The van der Waals surface area contributed by atoms with Crippen molar-refractivity contribution in [1.82, 2.24) is 15.5 Å². The summed E-state index contributed by atoms with van der Waals surface area (Å²) in [6.07, 6.45) is 1.83. The molecule has 14 heavy (non-hydrogen) atoms. The van der Waals surface area contributed by atoms with E-state index in [1.54, 1.807) is 0 Å². The number of H-pyrrole nitrogens is 1. The van der Waals surface area contributed by atoms with Gasteiger partial charge < -0.3 is 10.1 Å². The molecule has 0 atom stereocenters. The van der Waals surface area contributed by atoms with Gasteiger partial charge in [-0.15, -0.1) is 0 Å². The van der Waals surface area contributed by atoms with Gasteiger partial charge in [0.05, 0.1) is 11.7 Å². The molecule has 0 saturated carbocycles. The van der Waals surface area contributed by atoms with Crippen LogP contribution >= 0.6 is 0 Å². The Morgan fingerprint density at radius 3 is 3.36 bits per heavy atom. The molecule has 4 nitrogen and oxygen atoms in total. The van der Waals surface area contributed by atoms with Crippen molar-refractivity contribution in [2.24, 2.45) is 0 Å². The van der Waals surface area contributed by atoms with Gasteiger partial charge in [0, 0.05) is 24.0 Å². The van der Waals surface area contributed by atoms with Crippen molar-refractivity contribution >= 4 is 10.9 Å². The molecule has 3 rings (SSSR count). The topological polar surface area (TPSA) is 49.9 Å². The minimum Gasteiger partial charge on any atom is -0.492 e. The van der Waals surface area contributed by atoms with Gasteiger partial charge >= 0.3 is 0 Å². The fourth-order valence-corrected chi connectivity index (χ4v) is 1.81. The molecule has 0 unspecified atom stereocenters. The molecule has 0 amide bonds. The normalized spacial score (nSPS) is 16.0. The number of hydrogen-bond acceptors (Lipinski definition) is 3. The number of aromatic nitrogens is 2. The average molecular weight is 189 g/mol. The van der Waals surface area contributed by atoms with Gasteiger partial charge in [0.15, 0.2) is 0 Å². The third kappa shape index (κ3) is 1.08. The lowest BCUT2D eigenvalue weighted by Crippen LogP contribution is -2.16. The van der Waals surface area contributed by atoms with Crippen LogP contribution in [-0.2, 0) is 6.54 Å². The van der Waals surface area contributed by atoms with E-state index in [0.29, 0.717) is 0 Å². The van der Waals surface area contributed by atoms with Gasteiger partial charge in [-0.3, -0.25) is 5.10 Å². The molecule has 0 bridgehead atoms. The molecule has 1 aliphatic rings. The summed E-state index contributed by atoms with van der Waals surface area (Å²) in [5.74, 6) is 0.965. The van der Waals surface area contributed by atoms with E-state index in [1.165, 1.54) is 5.56 Å². The van der Waals surface area contributed by atoms with Crippen molar-refractivity contribution in [3.63, 3.8) is 0 Å². The van der Waals surface area contributed by atoms with Crippen LogP contribution in [-0.4, -0.2) is 23.3 Å². The maximum atomic E-state index is 5.62. The van der Waals surface area contributed by atoms with Crippen LogP contribution in [0, 0.1) is 0 Å². The van der Waals surface area contributed by atoms with Crippen LogP contribution in [0.15, 0.2) is 18.3 Å². The fraction of sp³-hybridized carbons (Fsp3) is 0.300. The van der Waals surface area contributed by atoms with E-state index in [9.17, 15) is 0 Å². The number of hydrogen-bond donors (Lipinski definition) is 2. The molecule has 2 N–H and O–H groups in total. The Balaban J connectivity index is 2.26. The summed E-state index contributed by atoms with van der Waals surface area (Å²) in [5, 5.41) is 11.5. The number of fused-ring (bicyclic) bond motifs is 3. The first kappa shape index (κ1) is 7.82. The van der Waals surface area contributed by atoms with Gasteiger partial charge in [-0.05, 0) is 12.1 Å². The molecule has 0 radical (unpaired) electrons. The van der Waals surface area contributed by atoms with Crippen LogP contribution in [0.3, 0.4) is 0 Å². The summed E-state index contributed by atoms with van der Waals surface area (Å²) in [6, 6.07) is 4.04. The Morgan fingerprint density at radius 2 is 2.36 bits per heavy atom. The Labute approximate surface area is 81.3 Å². The first-order chi connectivity index (χ1) is 6.95. The van der Waals surface area contributed by atoms with E-state index >= 15 is 0 Å². The summed E-state index contributed by atoms with van der Waals surface area (Å²) in [5.41, 5.74) is 2.26. The third-order valence-electron chi connectivity index (χ3n) is 2.52. The highest BCUT2D eigenvalue weighted by molar-refractivity contribution is 5.83. The molecular formula is C10H11N3O. The summed E-state index contributed by atoms with van der Waals surface area (Å²) in [6.45, 7) is 2.46. The molecule has 1 aromatic carbocycles. The van der Waals surface area contributed by atoms with Crippen molar-refractivity contribution < 1.29 is 4.74 Å². The van der Waals surface area contributed by atoms with Crippen LogP contribution in [0.4, 0.5) is 0 Å². The number of benzene rings is 1. The Bertz CT molecular complexity index is 463. The van der Waals surface area contributed by atoms with Gasteiger partial charge in [-0.2, -0.15) is 5.10 Å². The molecule has 0 aliphatic carbocycles. The van der Waals surface area contributed by atoms with Gasteiger partial charge in [-0.25, -0.2) is 0 Å². The maximum absolute atomic E-state index is 5.62. The fourth-order valence-electron chi connectivity index (χ4n) is 1.81. The number of rotatable bonds is 0. The quantitative estimate of drug-likeness (QED) is 0.651. The first-order valence-electron chi connectivity index (χ1n) is 4.73. The molecule has 0 saturated heterocycles. The second-order valence-corrected chi connectivity index (χ2v) is 3.40. The van der Waals surface area contributed by atoms with Gasteiger partial charge in [0.1, 0.15) is 12.4 Å². The molecule has 1 aromatic heterocycles. The molecule has 1 aliphatic heterocycles. The van der Waals surface area contributed by atoms with Crippen LogP contribution in [0.5, 0.6) is 5.75 Å². The Morgan fingerprint density at radius 1 is 1.36 bits per heavy atom. The smallest absolute Gasteiger partial charge is 0.126 e. The summed E-state index contributed by atoms with van der Waals surface area (Å²) >= 11 is 0. The first-order valence-corrected chi connectivity index (χ1v) is 4.73. The lowest BCUT2D eigenvalue weighted by Gasteiger charge is -2.06. The summed E-state index contributed by atoms with van der Waals surface area (Å²) in [4.78, 5) is 0. The lowest BCUT2D eigenvalue weighted by molar-refractivity contribution is 0.326. The molecule has 72 valence electrons. The highest BCUT2D eigenvalue weighted by atomic mass is 16.5. The second-order valence-electron chi connectivity index (χ2n) is 3.40. The van der Waals surface area contributed by atoms with Crippen molar-refractivity contribution in [2.75, 3.05) is 13.2 Å². The molecular weight excluding hydrogens is 178 g/mol. The standard InChI is InChI=1S/C10H11N3O/c1-2-9-8(6-11-3-4-14-9)10-7(1)5-12-13-10/h1-2,5,11H,3-4,6H2,(H,12,13). The van der Waals surface area contributed by atoms with Gasteiger partial charge in [-0.1, -0.05) is 0 Å². The monoisotopic (exact) mass is 189 g/mol. The van der Waals surface area contributed by atoms with Gasteiger partial charge in [0.2, 0.25) is 0 Å². The van der Waals surface area contributed by atoms with Crippen molar-refractivity contribution in [2.45, 2.75) is 6.54 Å². The Hall–Kier alpha value is -1.55. The minimum absolute atomic E-state index is 0.729. The predicted molar refractivity (Wildman–Crippen MR) is 53.3 cm³/mol. The van der Waals surface area contributed by atoms with E-state index in [4.69, 9.17) is 4.74 Å². The lowest BCUT2D eigenvalue weighted by atomic mass is 10.1. The van der Waals surface area contributed by atoms with E-state index in [-0.39, 0.29) is 0 Å². The molecule has 0 spiro atoms. The van der Waals surface area contributed by atoms with E-state index < -0.39 is 0 Å². The molecule has 2 aromatic rings.